The first-order valence-corrected chi connectivity index (χ1v) is 10.9. The van der Waals surface area contributed by atoms with Crippen molar-refractivity contribution in [3.8, 4) is 0 Å². The maximum atomic E-state index is 12.6. The largest absolute Gasteiger partial charge is 0.465 e. The van der Waals surface area contributed by atoms with Crippen molar-refractivity contribution < 1.29 is 27.2 Å². The van der Waals surface area contributed by atoms with Crippen LogP contribution in [0.1, 0.15) is 26.5 Å². The summed E-state index contributed by atoms with van der Waals surface area (Å²) >= 11 is 3.20. The number of sulfonamides is 1. The van der Waals surface area contributed by atoms with E-state index >= 15 is 0 Å². The molecule has 0 radical (unpaired) electrons. The van der Waals surface area contributed by atoms with Crippen LogP contribution >= 0.6 is 15.9 Å². The van der Waals surface area contributed by atoms with Gasteiger partial charge in [0.25, 0.3) is 5.91 Å². The van der Waals surface area contributed by atoms with Crippen molar-refractivity contribution in [3.63, 3.8) is 0 Å². The van der Waals surface area contributed by atoms with Gasteiger partial charge in [0.05, 0.1) is 23.8 Å². The summed E-state index contributed by atoms with van der Waals surface area (Å²) < 4.78 is 37.7. The van der Waals surface area contributed by atoms with Crippen LogP contribution in [0.25, 0.3) is 0 Å². The fraction of sp³-hybridized carbons (Fsp3) is 0.100. The molecule has 1 aromatic heterocycles. The van der Waals surface area contributed by atoms with Crippen molar-refractivity contribution in [1.82, 2.24) is 4.72 Å². The Morgan fingerprint density at radius 2 is 1.83 bits per heavy atom. The monoisotopic (exact) mass is 492 g/mol. The van der Waals surface area contributed by atoms with Crippen molar-refractivity contribution in [3.05, 3.63) is 82.2 Å². The number of halogens is 1. The Kier molecular flexibility index (Phi) is 6.70. The van der Waals surface area contributed by atoms with Gasteiger partial charge in [0, 0.05) is 16.7 Å². The zero-order valence-electron chi connectivity index (χ0n) is 15.7. The summed E-state index contributed by atoms with van der Waals surface area (Å²) in [5.41, 5.74) is 1.33. The lowest BCUT2D eigenvalue weighted by atomic mass is 10.2. The highest BCUT2D eigenvalue weighted by molar-refractivity contribution is 9.10. The van der Waals surface area contributed by atoms with E-state index in [0.29, 0.717) is 15.7 Å². The van der Waals surface area contributed by atoms with Crippen molar-refractivity contribution in [2.24, 2.45) is 0 Å². The third kappa shape index (κ3) is 5.15. The van der Waals surface area contributed by atoms with E-state index in [1.165, 1.54) is 31.6 Å². The van der Waals surface area contributed by atoms with Gasteiger partial charge >= 0.3 is 5.97 Å². The minimum Gasteiger partial charge on any atom is -0.465 e. The maximum absolute atomic E-state index is 12.6. The summed E-state index contributed by atoms with van der Waals surface area (Å²) in [5, 5.41) is 2.68. The quantitative estimate of drug-likeness (QED) is 0.487. The smallest absolute Gasteiger partial charge is 0.339 e. The van der Waals surface area contributed by atoms with Gasteiger partial charge in [0.2, 0.25) is 10.0 Å². The predicted octanol–water partition coefficient (Wildman–Crippen LogP) is 3.56. The number of amides is 1. The van der Waals surface area contributed by atoms with E-state index in [4.69, 9.17) is 4.42 Å². The molecule has 0 saturated carbocycles. The van der Waals surface area contributed by atoms with Crippen LogP contribution in [0.4, 0.5) is 5.69 Å². The van der Waals surface area contributed by atoms with E-state index in [9.17, 15) is 18.0 Å². The maximum Gasteiger partial charge on any atom is 0.339 e. The molecule has 1 amide bonds. The number of anilines is 1. The summed E-state index contributed by atoms with van der Waals surface area (Å²) in [6, 6.07) is 13.9. The van der Waals surface area contributed by atoms with Crippen LogP contribution in [0.3, 0.4) is 0 Å². The second-order valence-electron chi connectivity index (χ2n) is 6.09. The second kappa shape index (κ2) is 9.24. The minimum atomic E-state index is -3.86. The Hall–Kier alpha value is -2.95. The minimum absolute atomic E-state index is 0.0262. The van der Waals surface area contributed by atoms with E-state index in [-0.39, 0.29) is 28.7 Å². The number of nitrogens with one attached hydrogen (secondary N) is 2. The summed E-state index contributed by atoms with van der Waals surface area (Å²) in [4.78, 5) is 23.7. The molecule has 10 heteroatoms. The molecule has 0 atom stereocenters. The molecular weight excluding hydrogens is 476 g/mol. The molecule has 2 N–H and O–H groups in total. The van der Waals surface area contributed by atoms with Gasteiger partial charge in [0.1, 0.15) is 0 Å². The van der Waals surface area contributed by atoms with Crippen molar-refractivity contribution in [2.75, 3.05) is 12.4 Å². The molecule has 0 unspecified atom stereocenters. The summed E-state index contributed by atoms with van der Waals surface area (Å²) in [7, 11) is -2.64. The van der Waals surface area contributed by atoms with E-state index in [0.717, 1.165) is 0 Å². The Balaban J connectivity index is 1.66. The number of methoxy groups -OCH3 is 1. The Labute approximate surface area is 181 Å². The lowest BCUT2D eigenvalue weighted by Gasteiger charge is -2.10. The zero-order valence-corrected chi connectivity index (χ0v) is 18.1. The van der Waals surface area contributed by atoms with Crippen LogP contribution in [0.5, 0.6) is 0 Å². The number of benzene rings is 2. The number of carbonyl (C=O) groups is 2. The van der Waals surface area contributed by atoms with Gasteiger partial charge < -0.3 is 14.5 Å². The lowest BCUT2D eigenvalue weighted by Crippen LogP contribution is -2.23. The molecule has 8 nitrogen and oxygen atoms in total. The topological polar surface area (TPSA) is 115 Å². The highest BCUT2D eigenvalue weighted by atomic mass is 79.9. The SMILES string of the molecule is COC(=O)c1cc(S(=O)(=O)NCc2ccc(NC(=O)c3ccco3)cc2)ccc1Br. The van der Waals surface area contributed by atoms with Crippen LogP contribution in [0.15, 0.2) is 74.6 Å². The highest BCUT2D eigenvalue weighted by Gasteiger charge is 2.19. The third-order valence-electron chi connectivity index (χ3n) is 4.08. The van der Waals surface area contributed by atoms with Crippen LogP contribution in [-0.4, -0.2) is 27.4 Å². The number of esters is 1. The normalized spacial score (nSPS) is 11.1. The second-order valence-corrected chi connectivity index (χ2v) is 8.71. The summed E-state index contributed by atoms with van der Waals surface area (Å²) in [6.45, 7) is 0.0262. The molecule has 0 aliphatic carbocycles. The molecular formula is C20H17BrN2O6S. The standard InChI is InChI=1S/C20H17BrN2O6S/c1-28-20(25)16-11-15(8-9-17(16)21)30(26,27)22-12-13-4-6-14(7-5-13)23-19(24)18-3-2-10-29-18/h2-11,22H,12H2,1H3,(H,23,24). The number of hydrogen-bond acceptors (Lipinski definition) is 6. The highest BCUT2D eigenvalue weighted by Crippen LogP contribution is 2.22. The van der Waals surface area contributed by atoms with Gasteiger partial charge in [-0.3, -0.25) is 4.79 Å². The fourth-order valence-electron chi connectivity index (χ4n) is 2.51. The van der Waals surface area contributed by atoms with Gasteiger partial charge in [-0.1, -0.05) is 12.1 Å². The molecule has 0 saturated heterocycles. The number of hydrogen-bond donors (Lipinski definition) is 2. The zero-order chi connectivity index (χ0) is 21.7. The molecule has 156 valence electrons. The molecule has 0 aliphatic rings. The Morgan fingerprint density at radius 1 is 1.10 bits per heavy atom. The van der Waals surface area contributed by atoms with Crippen LogP contribution in [-0.2, 0) is 21.3 Å². The molecule has 3 aromatic rings. The average molecular weight is 493 g/mol. The summed E-state index contributed by atoms with van der Waals surface area (Å²) in [6.07, 6.45) is 1.41. The van der Waals surface area contributed by atoms with Gasteiger partial charge in [-0.25, -0.2) is 17.9 Å². The first-order valence-electron chi connectivity index (χ1n) is 8.61. The van der Waals surface area contributed by atoms with Crippen molar-refractivity contribution >= 4 is 43.5 Å². The Morgan fingerprint density at radius 3 is 2.47 bits per heavy atom. The first kappa shape index (κ1) is 21.8. The number of carbonyl (C=O) groups excluding carboxylic acids is 2. The molecule has 2 aromatic carbocycles. The lowest BCUT2D eigenvalue weighted by molar-refractivity contribution is 0.0599. The van der Waals surface area contributed by atoms with Crippen molar-refractivity contribution in [2.45, 2.75) is 11.4 Å². The first-order chi connectivity index (χ1) is 14.3. The molecule has 0 fully saturated rings. The van der Waals surface area contributed by atoms with Crippen LogP contribution in [0.2, 0.25) is 0 Å². The number of furan rings is 1. The average Bonchev–Trinajstić information content (AvgIpc) is 3.28. The summed E-state index contributed by atoms with van der Waals surface area (Å²) in [5.74, 6) is -0.844. The number of rotatable bonds is 7. The van der Waals surface area contributed by atoms with Crippen LogP contribution < -0.4 is 10.0 Å². The van der Waals surface area contributed by atoms with E-state index < -0.39 is 16.0 Å². The molecule has 1 heterocycles. The molecule has 0 spiro atoms. The van der Waals surface area contributed by atoms with Gasteiger partial charge in [-0.2, -0.15) is 0 Å². The van der Waals surface area contributed by atoms with Gasteiger partial charge in [0.15, 0.2) is 5.76 Å². The Bertz CT molecular complexity index is 1160. The molecule has 30 heavy (non-hydrogen) atoms. The third-order valence-corrected chi connectivity index (χ3v) is 6.17. The van der Waals surface area contributed by atoms with E-state index in [1.54, 1.807) is 36.4 Å². The van der Waals surface area contributed by atoms with E-state index in [1.807, 2.05) is 0 Å². The van der Waals surface area contributed by atoms with Gasteiger partial charge in [-0.05, 0) is 64.0 Å². The fourth-order valence-corrected chi connectivity index (χ4v) is 3.96. The van der Waals surface area contributed by atoms with Gasteiger partial charge in [-0.15, -0.1) is 0 Å². The molecule has 0 aliphatic heterocycles. The molecule has 0 bridgehead atoms. The molecule has 3 rings (SSSR count). The number of ether oxygens (including phenoxy) is 1. The van der Waals surface area contributed by atoms with Crippen molar-refractivity contribution in [1.29, 1.82) is 0 Å². The van der Waals surface area contributed by atoms with Crippen LogP contribution in [0, 0.1) is 0 Å². The predicted molar refractivity (Wildman–Crippen MR) is 113 cm³/mol. The van der Waals surface area contributed by atoms with E-state index in [2.05, 4.69) is 30.7 Å².